The van der Waals surface area contributed by atoms with E-state index in [4.69, 9.17) is 11.6 Å². The summed E-state index contributed by atoms with van der Waals surface area (Å²) in [4.78, 5) is 18.7. The molecule has 1 fully saturated rings. The summed E-state index contributed by atoms with van der Waals surface area (Å²) in [5, 5.41) is 3.57. The fourth-order valence-corrected chi connectivity index (χ4v) is 2.98. The van der Waals surface area contributed by atoms with Crippen molar-refractivity contribution in [1.29, 1.82) is 0 Å². The smallest absolute Gasteiger partial charge is 0.244 e. The van der Waals surface area contributed by atoms with Gasteiger partial charge in [0.15, 0.2) is 0 Å². The Hall–Kier alpha value is -2.33. The van der Waals surface area contributed by atoms with E-state index >= 15 is 0 Å². The van der Waals surface area contributed by atoms with E-state index in [1.807, 2.05) is 43.5 Å². The molecule has 25 heavy (non-hydrogen) atoms. The first kappa shape index (κ1) is 17.5. The number of hydrogen-bond donors (Lipinski definition) is 1. The van der Waals surface area contributed by atoms with E-state index in [9.17, 15) is 4.79 Å². The minimum Gasteiger partial charge on any atom is -0.357 e. The van der Waals surface area contributed by atoms with Crippen LogP contribution in [0.1, 0.15) is 29.5 Å². The van der Waals surface area contributed by atoms with E-state index in [0.29, 0.717) is 11.6 Å². The molecular formula is C20H22ClN3O. The molecule has 0 saturated carbocycles. The third-order valence-corrected chi connectivity index (χ3v) is 4.74. The standard InChI is InChI=1S/C20H22ClN3O/c1-15-4-5-16(12-18(15)21)7-9-20(25)23-14-17-6-8-19(22-13-17)24-10-2-3-11-24/h4-9,12-13H,2-3,10-11,14H2,1H3,(H,23,25)/b9-7+. The summed E-state index contributed by atoms with van der Waals surface area (Å²) in [5.41, 5.74) is 2.92. The predicted molar refractivity (Wildman–Crippen MR) is 103 cm³/mol. The van der Waals surface area contributed by atoms with E-state index in [2.05, 4.69) is 15.2 Å². The first-order valence-electron chi connectivity index (χ1n) is 8.54. The van der Waals surface area contributed by atoms with Crippen molar-refractivity contribution in [2.24, 2.45) is 0 Å². The molecule has 0 unspecified atom stereocenters. The average molecular weight is 356 g/mol. The number of anilines is 1. The average Bonchev–Trinajstić information content (AvgIpc) is 3.16. The van der Waals surface area contributed by atoms with E-state index in [1.54, 1.807) is 6.08 Å². The largest absolute Gasteiger partial charge is 0.357 e. The van der Waals surface area contributed by atoms with Crippen LogP contribution in [0, 0.1) is 6.92 Å². The van der Waals surface area contributed by atoms with Gasteiger partial charge >= 0.3 is 0 Å². The highest BCUT2D eigenvalue weighted by molar-refractivity contribution is 6.31. The zero-order valence-corrected chi connectivity index (χ0v) is 15.1. The highest BCUT2D eigenvalue weighted by Crippen LogP contribution is 2.18. The van der Waals surface area contributed by atoms with E-state index in [1.165, 1.54) is 18.9 Å². The lowest BCUT2D eigenvalue weighted by Crippen LogP contribution is -2.21. The second-order valence-corrected chi connectivity index (χ2v) is 6.69. The lowest BCUT2D eigenvalue weighted by molar-refractivity contribution is -0.116. The van der Waals surface area contributed by atoms with Crippen LogP contribution < -0.4 is 10.2 Å². The van der Waals surface area contributed by atoms with Gasteiger partial charge in [0.2, 0.25) is 5.91 Å². The van der Waals surface area contributed by atoms with Crippen LogP contribution in [0.5, 0.6) is 0 Å². The molecule has 0 atom stereocenters. The van der Waals surface area contributed by atoms with Crippen molar-refractivity contribution in [3.63, 3.8) is 0 Å². The normalized spacial score (nSPS) is 14.2. The zero-order chi connectivity index (χ0) is 17.6. The monoisotopic (exact) mass is 355 g/mol. The molecular weight excluding hydrogens is 334 g/mol. The van der Waals surface area contributed by atoms with Gasteiger partial charge in [-0.1, -0.05) is 29.8 Å². The molecule has 1 aliphatic rings. The number of aryl methyl sites for hydroxylation is 1. The summed E-state index contributed by atoms with van der Waals surface area (Å²) < 4.78 is 0. The van der Waals surface area contributed by atoms with Crippen molar-refractivity contribution in [2.45, 2.75) is 26.3 Å². The van der Waals surface area contributed by atoms with Gasteiger partial charge in [0.05, 0.1) is 0 Å². The summed E-state index contributed by atoms with van der Waals surface area (Å²) >= 11 is 6.09. The molecule has 5 heteroatoms. The number of carbonyl (C=O) groups is 1. The minimum absolute atomic E-state index is 0.139. The molecule has 130 valence electrons. The molecule has 1 aliphatic heterocycles. The van der Waals surface area contributed by atoms with Gasteiger partial charge in [-0.05, 0) is 54.7 Å². The molecule has 1 aromatic heterocycles. The van der Waals surface area contributed by atoms with Gasteiger partial charge in [-0.2, -0.15) is 0 Å². The number of halogens is 1. The quantitative estimate of drug-likeness (QED) is 0.825. The summed E-state index contributed by atoms with van der Waals surface area (Å²) in [6.07, 6.45) is 7.58. The predicted octanol–water partition coefficient (Wildman–Crippen LogP) is 3.97. The maximum absolute atomic E-state index is 12.0. The molecule has 1 aromatic carbocycles. The summed E-state index contributed by atoms with van der Waals surface area (Å²) in [6.45, 7) is 4.57. The minimum atomic E-state index is -0.139. The Morgan fingerprint density at radius 1 is 1.28 bits per heavy atom. The van der Waals surface area contributed by atoms with Crippen LogP contribution in [0.25, 0.3) is 6.08 Å². The number of benzene rings is 1. The molecule has 1 amide bonds. The SMILES string of the molecule is Cc1ccc(/C=C/C(=O)NCc2ccc(N3CCCC3)nc2)cc1Cl. The molecule has 0 spiro atoms. The van der Waals surface area contributed by atoms with Crippen LogP contribution >= 0.6 is 11.6 Å². The molecule has 2 heterocycles. The van der Waals surface area contributed by atoms with Crippen molar-refractivity contribution in [2.75, 3.05) is 18.0 Å². The summed E-state index contributed by atoms with van der Waals surface area (Å²) in [7, 11) is 0. The molecule has 4 nitrogen and oxygen atoms in total. The molecule has 3 rings (SSSR count). The Balaban J connectivity index is 1.51. The van der Waals surface area contributed by atoms with Gasteiger partial charge in [-0.25, -0.2) is 4.98 Å². The second kappa shape index (κ2) is 8.17. The second-order valence-electron chi connectivity index (χ2n) is 6.28. The maximum Gasteiger partial charge on any atom is 0.244 e. The van der Waals surface area contributed by atoms with Gasteiger partial charge in [0.1, 0.15) is 5.82 Å². The fraction of sp³-hybridized carbons (Fsp3) is 0.300. The van der Waals surface area contributed by atoms with E-state index in [0.717, 1.165) is 35.6 Å². The van der Waals surface area contributed by atoms with E-state index in [-0.39, 0.29) is 5.91 Å². The first-order valence-corrected chi connectivity index (χ1v) is 8.91. The Morgan fingerprint density at radius 2 is 2.08 bits per heavy atom. The van der Waals surface area contributed by atoms with Crippen molar-refractivity contribution >= 4 is 29.4 Å². The number of rotatable bonds is 5. The Kier molecular flexibility index (Phi) is 5.71. The number of nitrogens with one attached hydrogen (secondary N) is 1. The van der Waals surface area contributed by atoms with Crippen LogP contribution in [0.2, 0.25) is 5.02 Å². The number of hydrogen-bond acceptors (Lipinski definition) is 3. The molecule has 2 aromatic rings. The Bertz CT molecular complexity index is 765. The molecule has 0 bridgehead atoms. The maximum atomic E-state index is 12.0. The van der Waals surface area contributed by atoms with Crippen molar-refractivity contribution in [3.8, 4) is 0 Å². The third-order valence-electron chi connectivity index (χ3n) is 4.33. The number of pyridine rings is 1. The molecule has 1 saturated heterocycles. The first-order chi connectivity index (χ1) is 12.1. The molecule has 1 N–H and O–H groups in total. The van der Waals surface area contributed by atoms with Crippen LogP contribution in [-0.2, 0) is 11.3 Å². The van der Waals surface area contributed by atoms with Crippen LogP contribution in [0.15, 0.2) is 42.6 Å². The lowest BCUT2D eigenvalue weighted by atomic mass is 10.1. The number of nitrogens with zero attached hydrogens (tertiary/aromatic N) is 2. The van der Waals surface area contributed by atoms with Gasteiger partial charge in [0.25, 0.3) is 0 Å². The summed E-state index contributed by atoms with van der Waals surface area (Å²) in [5.74, 6) is 0.879. The molecule has 0 radical (unpaired) electrons. The highest BCUT2D eigenvalue weighted by atomic mass is 35.5. The highest BCUT2D eigenvalue weighted by Gasteiger charge is 2.12. The van der Waals surface area contributed by atoms with Gasteiger partial charge in [-0.3, -0.25) is 4.79 Å². The van der Waals surface area contributed by atoms with Crippen molar-refractivity contribution in [1.82, 2.24) is 10.3 Å². The van der Waals surface area contributed by atoms with Crippen LogP contribution in [0.3, 0.4) is 0 Å². The number of carbonyl (C=O) groups excluding carboxylic acids is 1. The number of amides is 1. The number of aromatic nitrogens is 1. The zero-order valence-electron chi connectivity index (χ0n) is 14.3. The Morgan fingerprint density at radius 3 is 2.76 bits per heavy atom. The fourth-order valence-electron chi connectivity index (χ4n) is 2.79. The topological polar surface area (TPSA) is 45.2 Å². The third kappa shape index (κ3) is 4.83. The Labute approximate surface area is 153 Å². The van der Waals surface area contributed by atoms with Gasteiger partial charge in [-0.15, -0.1) is 0 Å². The van der Waals surface area contributed by atoms with Gasteiger partial charge in [0, 0.05) is 36.9 Å². The van der Waals surface area contributed by atoms with Crippen LogP contribution in [0.4, 0.5) is 5.82 Å². The van der Waals surface area contributed by atoms with Crippen molar-refractivity contribution < 1.29 is 4.79 Å². The molecule has 0 aliphatic carbocycles. The van der Waals surface area contributed by atoms with Gasteiger partial charge < -0.3 is 10.2 Å². The van der Waals surface area contributed by atoms with Crippen LogP contribution in [-0.4, -0.2) is 24.0 Å². The van der Waals surface area contributed by atoms with E-state index < -0.39 is 0 Å². The lowest BCUT2D eigenvalue weighted by Gasteiger charge is -2.16. The van der Waals surface area contributed by atoms with Crippen molar-refractivity contribution in [3.05, 3.63) is 64.3 Å². The summed E-state index contributed by atoms with van der Waals surface area (Å²) in [6, 6.07) is 9.77.